The SMILES string of the molecule is [C-]#[N+]c1ccc(N2C(=O)CN(c3ccc(CCCc4ncc[nH]4)cc3)C2=S)cc1C(F)(F)F. The molecule has 0 atom stereocenters. The summed E-state index contributed by atoms with van der Waals surface area (Å²) in [5.74, 6) is 0.497. The Hall–Kier alpha value is -3.71. The molecule has 0 saturated carbocycles. The number of aryl methyl sites for hydroxylation is 2. The summed E-state index contributed by atoms with van der Waals surface area (Å²) in [6.45, 7) is 6.89. The van der Waals surface area contributed by atoms with Gasteiger partial charge < -0.3 is 9.88 Å². The highest BCUT2D eigenvalue weighted by atomic mass is 32.1. The quantitative estimate of drug-likeness (QED) is 0.394. The molecule has 168 valence electrons. The Morgan fingerprint density at radius 3 is 2.48 bits per heavy atom. The van der Waals surface area contributed by atoms with E-state index in [0.29, 0.717) is 5.69 Å². The average molecular weight is 469 g/mol. The number of H-pyrrole nitrogens is 1. The summed E-state index contributed by atoms with van der Waals surface area (Å²) in [6, 6.07) is 10.7. The Labute approximate surface area is 193 Å². The molecule has 33 heavy (non-hydrogen) atoms. The molecule has 1 fully saturated rings. The predicted molar refractivity (Wildman–Crippen MR) is 122 cm³/mol. The van der Waals surface area contributed by atoms with E-state index < -0.39 is 23.3 Å². The Morgan fingerprint density at radius 1 is 1.12 bits per heavy atom. The largest absolute Gasteiger partial charge is 0.407 e. The number of aromatic nitrogens is 2. The van der Waals surface area contributed by atoms with E-state index in [-0.39, 0.29) is 17.3 Å². The highest BCUT2D eigenvalue weighted by molar-refractivity contribution is 7.81. The first-order chi connectivity index (χ1) is 15.8. The summed E-state index contributed by atoms with van der Waals surface area (Å²) in [5, 5.41) is 0.0919. The van der Waals surface area contributed by atoms with E-state index in [4.69, 9.17) is 18.8 Å². The topological polar surface area (TPSA) is 56.6 Å². The van der Waals surface area contributed by atoms with Gasteiger partial charge in [0, 0.05) is 30.2 Å². The number of nitrogens with zero attached hydrogens (tertiary/aromatic N) is 4. The maximum atomic E-state index is 13.3. The van der Waals surface area contributed by atoms with Crippen molar-refractivity contribution in [1.82, 2.24) is 9.97 Å². The molecule has 2 heterocycles. The highest BCUT2D eigenvalue weighted by Crippen LogP contribution is 2.39. The fourth-order valence-corrected chi connectivity index (χ4v) is 4.06. The molecule has 0 spiro atoms. The maximum absolute atomic E-state index is 13.3. The molecule has 0 unspecified atom stereocenters. The Bertz CT molecular complexity index is 1220. The van der Waals surface area contributed by atoms with Gasteiger partial charge in [0.05, 0.1) is 12.1 Å². The standard InChI is InChI=1S/C23H18F3N5OS/c1-27-19-10-9-17(13-18(19)23(24,25)26)31-21(32)14-30(22(31)33)16-7-5-15(6-8-16)3-2-4-20-28-11-12-29-20/h5-13H,2-4,14H2,(H,28,29). The molecule has 1 saturated heterocycles. The van der Waals surface area contributed by atoms with E-state index in [1.807, 2.05) is 24.3 Å². The maximum Gasteiger partial charge on any atom is 0.407 e. The van der Waals surface area contributed by atoms with Gasteiger partial charge in [-0.25, -0.2) is 9.83 Å². The van der Waals surface area contributed by atoms with Crippen LogP contribution in [-0.4, -0.2) is 27.5 Å². The molecular formula is C23H18F3N5OS. The number of thiocarbonyl (C=S) groups is 1. The van der Waals surface area contributed by atoms with Crippen LogP contribution < -0.4 is 9.80 Å². The smallest absolute Gasteiger partial charge is 0.349 e. The highest BCUT2D eigenvalue weighted by Gasteiger charge is 2.38. The lowest BCUT2D eigenvalue weighted by Crippen LogP contribution is -2.32. The lowest BCUT2D eigenvalue weighted by atomic mass is 10.1. The van der Waals surface area contributed by atoms with E-state index >= 15 is 0 Å². The van der Waals surface area contributed by atoms with Crippen LogP contribution in [0.25, 0.3) is 4.85 Å². The number of carbonyl (C=O) groups is 1. The van der Waals surface area contributed by atoms with E-state index in [0.717, 1.165) is 47.7 Å². The minimum absolute atomic E-state index is 0.0122. The third-order valence-corrected chi connectivity index (χ3v) is 5.71. The lowest BCUT2D eigenvalue weighted by Gasteiger charge is -2.21. The number of rotatable bonds is 6. The van der Waals surface area contributed by atoms with Crippen molar-refractivity contribution in [3.05, 3.63) is 83.2 Å². The third kappa shape index (κ3) is 4.73. The first-order valence-electron chi connectivity index (χ1n) is 10.1. The number of nitrogens with one attached hydrogen (secondary N) is 1. The molecule has 1 aliphatic heterocycles. The lowest BCUT2D eigenvalue weighted by molar-refractivity contribution is -0.136. The van der Waals surface area contributed by atoms with Gasteiger partial charge in [-0.3, -0.25) is 9.69 Å². The number of benzene rings is 2. The molecule has 1 aliphatic rings. The van der Waals surface area contributed by atoms with Crippen LogP contribution in [-0.2, 0) is 23.8 Å². The van der Waals surface area contributed by atoms with Gasteiger partial charge in [0.25, 0.3) is 5.91 Å². The van der Waals surface area contributed by atoms with Crippen molar-refractivity contribution in [2.75, 3.05) is 16.3 Å². The van der Waals surface area contributed by atoms with Crippen LogP contribution in [0, 0.1) is 6.57 Å². The van der Waals surface area contributed by atoms with Gasteiger partial charge in [0.2, 0.25) is 0 Å². The fourth-order valence-electron chi connectivity index (χ4n) is 3.68. The number of amides is 1. The van der Waals surface area contributed by atoms with Gasteiger partial charge in [-0.2, -0.15) is 13.2 Å². The minimum Gasteiger partial charge on any atom is -0.349 e. The minimum atomic E-state index is -4.72. The van der Waals surface area contributed by atoms with E-state index in [1.165, 1.54) is 6.07 Å². The van der Waals surface area contributed by atoms with Crippen molar-refractivity contribution in [2.24, 2.45) is 0 Å². The zero-order chi connectivity index (χ0) is 23.6. The van der Waals surface area contributed by atoms with Crippen molar-refractivity contribution >= 4 is 40.3 Å². The van der Waals surface area contributed by atoms with Gasteiger partial charge in [-0.1, -0.05) is 18.2 Å². The second-order valence-electron chi connectivity index (χ2n) is 7.46. The Morgan fingerprint density at radius 2 is 1.85 bits per heavy atom. The molecule has 6 nitrogen and oxygen atoms in total. The molecule has 0 aliphatic carbocycles. The predicted octanol–water partition coefficient (Wildman–Crippen LogP) is 5.29. The normalized spacial score (nSPS) is 14.1. The van der Waals surface area contributed by atoms with Crippen LogP contribution in [0.15, 0.2) is 54.9 Å². The van der Waals surface area contributed by atoms with E-state index in [9.17, 15) is 18.0 Å². The molecule has 1 aromatic heterocycles. The molecule has 0 radical (unpaired) electrons. The first-order valence-corrected chi connectivity index (χ1v) is 10.5. The molecule has 0 bridgehead atoms. The number of anilines is 2. The summed E-state index contributed by atoms with van der Waals surface area (Å²) in [5.41, 5.74) is 0.163. The summed E-state index contributed by atoms with van der Waals surface area (Å²) >= 11 is 5.43. The summed E-state index contributed by atoms with van der Waals surface area (Å²) in [4.78, 5) is 25.5. The van der Waals surface area contributed by atoms with Crippen LogP contribution in [0.5, 0.6) is 0 Å². The molecule has 2 aromatic carbocycles. The van der Waals surface area contributed by atoms with Crippen molar-refractivity contribution in [2.45, 2.75) is 25.4 Å². The van der Waals surface area contributed by atoms with Gasteiger partial charge in [-0.05, 0) is 54.9 Å². The Kier molecular flexibility index (Phi) is 6.16. The number of halogens is 3. The van der Waals surface area contributed by atoms with Gasteiger partial charge >= 0.3 is 6.18 Å². The number of hydrogen-bond acceptors (Lipinski definition) is 3. The number of carbonyl (C=O) groups excluding carboxylic acids is 1. The monoisotopic (exact) mass is 469 g/mol. The second-order valence-corrected chi connectivity index (χ2v) is 7.83. The van der Waals surface area contributed by atoms with Crippen LogP contribution in [0.4, 0.5) is 30.2 Å². The van der Waals surface area contributed by atoms with Crippen LogP contribution in [0.3, 0.4) is 0 Å². The summed E-state index contributed by atoms with van der Waals surface area (Å²) in [7, 11) is 0. The summed E-state index contributed by atoms with van der Waals surface area (Å²) < 4.78 is 40.0. The zero-order valence-corrected chi connectivity index (χ0v) is 18.1. The van der Waals surface area contributed by atoms with Crippen LogP contribution in [0.2, 0.25) is 0 Å². The molecular weight excluding hydrogens is 451 g/mol. The van der Waals surface area contributed by atoms with Gasteiger partial charge in [0.15, 0.2) is 10.8 Å². The molecule has 3 aromatic rings. The van der Waals surface area contributed by atoms with E-state index in [1.54, 1.807) is 17.3 Å². The number of aromatic amines is 1. The van der Waals surface area contributed by atoms with Gasteiger partial charge in [-0.15, -0.1) is 0 Å². The molecule has 1 amide bonds. The molecule has 4 rings (SSSR count). The number of imidazole rings is 1. The molecule has 10 heteroatoms. The Balaban J connectivity index is 1.49. The number of hydrogen-bond donors (Lipinski definition) is 1. The van der Waals surface area contributed by atoms with Gasteiger partial charge in [0.1, 0.15) is 12.4 Å². The van der Waals surface area contributed by atoms with Crippen molar-refractivity contribution in [1.29, 1.82) is 0 Å². The van der Waals surface area contributed by atoms with Crippen molar-refractivity contribution < 1.29 is 18.0 Å². The second kappa shape index (κ2) is 9.03. The van der Waals surface area contributed by atoms with Crippen LogP contribution in [0.1, 0.15) is 23.4 Å². The van der Waals surface area contributed by atoms with Crippen LogP contribution >= 0.6 is 12.2 Å². The fraction of sp³-hybridized carbons (Fsp3) is 0.217. The number of alkyl halides is 3. The third-order valence-electron chi connectivity index (χ3n) is 5.31. The van der Waals surface area contributed by atoms with Crippen molar-refractivity contribution in [3.63, 3.8) is 0 Å². The first kappa shape index (κ1) is 22.5. The van der Waals surface area contributed by atoms with E-state index in [2.05, 4.69) is 14.8 Å². The average Bonchev–Trinajstić information content (AvgIpc) is 3.41. The summed E-state index contributed by atoms with van der Waals surface area (Å²) in [6.07, 6.45) is 1.40. The zero-order valence-electron chi connectivity index (χ0n) is 17.3. The van der Waals surface area contributed by atoms with Crippen molar-refractivity contribution in [3.8, 4) is 0 Å². The molecule has 1 N–H and O–H groups in total.